The van der Waals surface area contributed by atoms with Crippen LogP contribution in [0.15, 0.2) is 73.1 Å². The number of ether oxygens (including phenoxy) is 1. The Morgan fingerprint density at radius 1 is 0.964 bits per heavy atom. The van der Waals surface area contributed by atoms with Gasteiger partial charge >= 0.3 is 5.97 Å². The molecule has 1 aromatic heterocycles. The van der Waals surface area contributed by atoms with Crippen molar-refractivity contribution in [3.8, 4) is 0 Å². The van der Waals surface area contributed by atoms with E-state index in [4.69, 9.17) is 4.74 Å². The van der Waals surface area contributed by atoms with E-state index in [2.05, 4.69) is 4.98 Å². The Bertz CT molecular complexity index is 953. The van der Waals surface area contributed by atoms with E-state index in [-0.39, 0.29) is 11.9 Å². The minimum Gasteiger partial charge on any atom is -0.462 e. The summed E-state index contributed by atoms with van der Waals surface area (Å²) in [6, 6.07) is 18.1. The van der Waals surface area contributed by atoms with Crippen LogP contribution in [0.2, 0.25) is 0 Å². The smallest absolute Gasteiger partial charge is 0.338 e. The molecular formula is C23H22N2O3. The molecule has 1 amide bonds. The van der Waals surface area contributed by atoms with Crippen molar-refractivity contribution in [3.63, 3.8) is 0 Å². The minimum absolute atomic E-state index is 0.107. The number of esters is 1. The Morgan fingerprint density at radius 3 is 2.32 bits per heavy atom. The molecule has 0 spiro atoms. The van der Waals surface area contributed by atoms with Crippen molar-refractivity contribution in [3.05, 3.63) is 95.3 Å². The van der Waals surface area contributed by atoms with Gasteiger partial charge in [-0.1, -0.05) is 17.7 Å². The minimum atomic E-state index is -0.375. The highest BCUT2D eigenvalue weighted by molar-refractivity contribution is 6.06. The van der Waals surface area contributed by atoms with Gasteiger partial charge in [0.1, 0.15) is 0 Å². The number of pyridine rings is 1. The van der Waals surface area contributed by atoms with Crippen LogP contribution in [-0.2, 0) is 11.3 Å². The third kappa shape index (κ3) is 4.62. The highest BCUT2D eigenvalue weighted by Gasteiger charge is 2.19. The van der Waals surface area contributed by atoms with E-state index in [1.165, 1.54) is 0 Å². The molecule has 5 heteroatoms. The first-order valence-electron chi connectivity index (χ1n) is 9.13. The monoisotopic (exact) mass is 374 g/mol. The van der Waals surface area contributed by atoms with Crippen LogP contribution in [0.25, 0.3) is 0 Å². The molecule has 0 radical (unpaired) electrons. The summed E-state index contributed by atoms with van der Waals surface area (Å²) in [6.07, 6.45) is 3.41. The van der Waals surface area contributed by atoms with E-state index >= 15 is 0 Å². The zero-order valence-electron chi connectivity index (χ0n) is 16.0. The standard InChI is InChI=1S/C23H22N2O3/c1-3-28-23(27)19-7-9-21(10-8-19)25(16-18-11-13-24-14-12-18)22(26)20-6-4-5-17(2)15-20/h4-15H,3,16H2,1-2H3. The van der Waals surface area contributed by atoms with E-state index in [1.807, 2.05) is 43.3 Å². The number of carbonyl (C=O) groups is 2. The Labute approximate surface area is 164 Å². The van der Waals surface area contributed by atoms with Gasteiger partial charge in [0.25, 0.3) is 5.91 Å². The maximum atomic E-state index is 13.2. The molecule has 0 unspecified atom stereocenters. The number of nitrogens with zero attached hydrogens (tertiary/aromatic N) is 2. The quantitative estimate of drug-likeness (QED) is 0.600. The summed E-state index contributed by atoms with van der Waals surface area (Å²) in [5.74, 6) is -0.482. The third-order valence-electron chi connectivity index (χ3n) is 4.29. The third-order valence-corrected chi connectivity index (χ3v) is 4.29. The normalized spacial score (nSPS) is 10.4. The van der Waals surface area contributed by atoms with Crippen molar-refractivity contribution in [2.75, 3.05) is 11.5 Å². The van der Waals surface area contributed by atoms with Crippen LogP contribution < -0.4 is 4.90 Å². The number of aryl methyl sites for hydroxylation is 1. The predicted octanol–water partition coefficient (Wildman–Crippen LogP) is 4.41. The topological polar surface area (TPSA) is 59.5 Å². The number of rotatable bonds is 6. The Morgan fingerprint density at radius 2 is 1.68 bits per heavy atom. The second-order valence-electron chi connectivity index (χ2n) is 6.38. The summed E-state index contributed by atoms with van der Waals surface area (Å²) in [5, 5.41) is 0. The van der Waals surface area contributed by atoms with Gasteiger partial charge in [-0.3, -0.25) is 9.78 Å². The molecule has 0 atom stereocenters. The van der Waals surface area contributed by atoms with Crippen LogP contribution in [-0.4, -0.2) is 23.5 Å². The molecule has 3 aromatic rings. The van der Waals surface area contributed by atoms with E-state index in [1.54, 1.807) is 48.5 Å². The lowest BCUT2D eigenvalue weighted by molar-refractivity contribution is 0.0526. The van der Waals surface area contributed by atoms with Gasteiger partial charge in [-0.05, 0) is 67.9 Å². The fourth-order valence-corrected chi connectivity index (χ4v) is 2.88. The number of hydrogen-bond donors (Lipinski definition) is 0. The van der Waals surface area contributed by atoms with E-state index < -0.39 is 0 Å². The van der Waals surface area contributed by atoms with Crippen LogP contribution in [0.1, 0.15) is 38.8 Å². The highest BCUT2D eigenvalue weighted by atomic mass is 16.5. The van der Waals surface area contributed by atoms with E-state index in [0.29, 0.717) is 30.0 Å². The second kappa shape index (κ2) is 8.95. The van der Waals surface area contributed by atoms with Crippen molar-refractivity contribution in [2.24, 2.45) is 0 Å². The molecule has 0 saturated heterocycles. The molecule has 0 fully saturated rings. The largest absolute Gasteiger partial charge is 0.462 e. The zero-order valence-corrected chi connectivity index (χ0v) is 16.0. The number of benzene rings is 2. The number of anilines is 1. The summed E-state index contributed by atoms with van der Waals surface area (Å²) in [6.45, 7) is 4.44. The molecule has 0 saturated carbocycles. The molecule has 0 aliphatic carbocycles. The summed E-state index contributed by atoms with van der Waals surface area (Å²) >= 11 is 0. The first kappa shape index (κ1) is 19.3. The van der Waals surface area contributed by atoms with Gasteiger partial charge in [-0.2, -0.15) is 0 Å². The maximum Gasteiger partial charge on any atom is 0.338 e. The lowest BCUT2D eigenvalue weighted by Gasteiger charge is -2.23. The van der Waals surface area contributed by atoms with Crippen molar-refractivity contribution in [1.82, 2.24) is 4.98 Å². The molecule has 0 aliphatic heterocycles. The average molecular weight is 374 g/mol. The van der Waals surface area contributed by atoms with Gasteiger partial charge in [0, 0.05) is 23.6 Å². The molecule has 1 heterocycles. The van der Waals surface area contributed by atoms with E-state index in [0.717, 1.165) is 11.1 Å². The first-order chi connectivity index (χ1) is 13.6. The maximum absolute atomic E-state index is 13.2. The number of amides is 1. The van der Waals surface area contributed by atoms with Crippen LogP contribution in [0.5, 0.6) is 0 Å². The van der Waals surface area contributed by atoms with Crippen LogP contribution in [0.3, 0.4) is 0 Å². The van der Waals surface area contributed by atoms with Gasteiger partial charge in [-0.15, -0.1) is 0 Å². The molecule has 0 aliphatic rings. The fourth-order valence-electron chi connectivity index (χ4n) is 2.88. The van der Waals surface area contributed by atoms with Crippen molar-refractivity contribution in [2.45, 2.75) is 20.4 Å². The molecule has 0 N–H and O–H groups in total. The van der Waals surface area contributed by atoms with Gasteiger partial charge in [-0.25, -0.2) is 4.79 Å². The summed E-state index contributed by atoms with van der Waals surface area (Å²) in [5.41, 5.74) is 3.76. The number of carbonyl (C=O) groups excluding carboxylic acids is 2. The van der Waals surface area contributed by atoms with Crippen molar-refractivity contribution >= 4 is 17.6 Å². The number of aromatic nitrogens is 1. The lowest BCUT2D eigenvalue weighted by atomic mass is 10.1. The lowest BCUT2D eigenvalue weighted by Crippen LogP contribution is -2.30. The van der Waals surface area contributed by atoms with Crippen LogP contribution in [0.4, 0.5) is 5.69 Å². The van der Waals surface area contributed by atoms with Gasteiger partial charge < -0.3 is 9.64 Å². The molecular weight excluding hydrogens is 352 g/mol. The Hall–Kier alpha value is -3.47. The fraction of sp³-hybridized carbons (Fsp3) is 0.174. The SMILES string of the molecule is CCOC(=O)c1ccc(N(Cc2ccncc2)C(=O)c2cccc(C)c2)cc1. The van der Waals surface area contributed by atoms with Crippen LogP contribution >= 0.6 is 0 Å². The van der Waals surface area contributed by atoms with E-state index in [9.17, 15) is 9.59 Å². The van der Waals surface area contributed by atoms with Gasteiger partial charge in [0.05, 0.1) is 18.7 Å². The van der Waals surface area contributed by atoms with Crippen molar-refractivity contribution < 1.29 is 14.3 Å². The second-order valence-corrected chi connectivity index (χ2v) is 6.38. The average Bonchev–Trinajstić information content (AvgIpc) is 2.72. The molecule has 28 heavy (non-hydrogen) atoms. The molecule has 0 bridgehead atoms. The molecule has 5 nitrogen and oxygen atoms in total. The number of hydrogen-bond acceptors (Lipinski definition) is 4. The highest BCUT2D eigenvalue weighted by Crippen LogP contribution is 2.22. The molecule has 142 valence electrons. The Kier molecular flexibility index (Phi) is 6.17. The molecule has 3 rings (SSSR count). The summed E-state index contributed by atoms with van der Waals surface area (Å²) < 4.78 is 5.03. The summed E-state index contributed by atoms with van der Waals surface area (Å²) in [7, 11) is 0. The Balaban J connectivity index is 1.94. The van der Waals surface area contributed by atoms with Gasteiger partial charge in [0.2, 0.25) is 0 Å². The zero-order chi connectivity index (χ0) is 19.9. The molecule has 2 aromatic carbocycles. The van der Waals surface area contributed by atoms with Crippen LogP contribution in [0, 0.1) is 6.92 Å². The first-order valence-corrected chi connectivity index (χ1v) is 9.13. The summed E-state index contributed by atoms with van der Waals surface area (Å²) in [4.78, 5) is 30.9. The van der Waals surface area contributed by atoms with Gasteiger partial charge in [0.15, 0.2) is 0 Å². The predicted molar refractivity (Wildman–Crippen MR) is 108 cm³/mol. The van der Waals surface area contributed by atoms with Crippen molar-refractivity contribution in [1.29, 1.82) is 0 Å².